The van der Waals surface area contributed by atoms with Crippen LogP contribution in [-0.4, -0.2) is 46.8 Å². The lowest BCUT2D eigenvalue weighted by molar-refractivity contribution is 0.0883. The van der Waals surface area contributed by atoms with Crippen LogP contribution in [0.5, 0.6) is 5.88 Å². The summed E-state index contributed by atoms with van der Waals surface area (Å²) < 4.78 is 5.35. The number of likely N-dealkylation sites (tertiary alicyclic amines) is 1. The maximum atomic E-state index is 12.1. The summed E-state index contributed by atoms with van der Waals surface area (Å²) >= 11 is 0. The van der Waals surface area contributed by atoms with Crippen LogP contribution in [0, 0.1) is 0 Å². The second kappa shape index (κ2) is 6.38. The number of nitrogens with one attached hydrogen (secondary N) is 1. The zero-order chi connectivity index (χ0) is 13.7. The zero-order valence-corrected chi connectivity index (χ0v) is 11.0. The number of carbonyl (C=O) groups excluding carboxylic acids is 1. The molecular formula is C13H19N3O3. The molecule has 2 N–H and O–H groups in total. The monoisotopic (exact) mass is 265 g/mol. The van der Waals surface area contributed by atoms with Gasteiger partial charge in [-0.1, -0.05) is 0 Å². The molecule has 0 radical (unpaired) electrons. The van der Waals surface area contributed by atoms with E-state index in [0.29, 0.717) is 31.3 Å². The molecule has 1 aliphatic rings. The third-order valence-corrected chi connectivity index (χ3v) is 2.98. The number of hydrogen-bond acceptors (Lipinski definition) is 4. The van der Waals surface area contributed by atoms with Crippen LogP contribution in [0.1, 0.15) is 19.8 Å². The van der Waals surface area contributed by atoms with E-state index in [1.807, 2.05) is 6.92 Å². The molecule has 2 heterocycles. The lowest BCUT2D eigenvalue weighted by Crippen LogP contribution is -2.44. The number of aliphatic hydroxyl groups is 1. The van der Waals surface area contributed by atoms with Crippen molar-refractivity contribution in [1.29, 1.82) is 0 Å². The molecule has 0 aliphatic carbocycles. The highest BCUT2D eigenvalue weighted by Gasteiger charge is 2.22. The number of carbonyl (C=O) groups is 1. The van der Waals surface area contributed by atoms with E-state index in [1.54, 1.807) is 23.2 Å². The molecule has 1 aromatic heterocycles. The molecule has 0 bridgehead atoms. The predicted octanol–water partition coefficient (Wildman–Crippen LogP) is 1.47. The number of nitrogens with zero attached hydrogens (tertiary/aromatic N) is 2. The van der Waals surface area contributed by atoms with Gasteiger partial charge in [0.15, 0.2) is 0 Å². The second-order valence-electron chi connectivity index (χ2n) is 4.46. The molecule has 19 heavy (non-hydrogen) atoms. The molecule has 6 heteroatoms. The molecule has 0 aromatic carbocycles. The summed E-state index contributed by atoms with van der Waals surface area (Å²) in [7, 11) is 0. The first-order valence-electron chi connectivity index (χ1n) is 6.52. The zero-order valence-electron chi connectivity index (χ0n) is 11.0. The molecule has 2 amide bonds. The van der Waals surface area contributed by atoms with Gasteiger partial charge in [0.25, 0.3) is 0 Å². The third kappa shape index (κ3) is 3.57. The Kier molecular flexibility index (Phi) is 4.57. The van der Waals surface area contributed by atoms with Gasteiger partial charge in [-0.05, 0) is 31.9 Å². The quantitative estimate of drug-likeness (QED) is 0.868. The summed E-state index contributed by atoms with van der Waals surface area (Å²) in [6.07, 6.45) is 2.76. The van der Waals surface area contributed by atoms with Crippen LogP contribution >= 0.6 is 0 Å². The molecule has 1 saturated heterocycles. The van der Waals surface area contributed by atoms with E-state index < -0.39 is 6.10 Å². The van der Waals surface area contributed by atoms with Crippen molar-refractivity contribution in [2.75, 3.05) is 25.0 Å². The van der Waals surface area contributed by atoms with Gasteiger partial charge in [-0.15, -0.1) is 0 Å². The minimum Gasteiger partial charge on any atom is -0.476 e. The minimum atomic E-state index is -0.431. The lowest BCUT2D eigenvalue weighted by Gasteiger charge is -2.30. The smallest absolute Gasteiger partial charge is 0.322 e. The number of piperidine rings is 1. The van der Waals surface area contributed by atoms with Crippen LogP contribution in [0.3, 0.4) is 0 Å². The number of β-amino-alcohol motifs (C(OH)–C–C–N with tert-alkyl or cyclic N) is 1. The topological polar surface area (TPSA) is 74.7 Å². The van der Waals surface area contributed by atoms with Crippen LogP contribution < -0.4 is 10.1 Å². The number of aliphatic hydroxyl groups excluding tert-OH is 1. The molecule has 1 atom stereocenters. The van der Waals surface area contributed by atoms with Gasteiger partial charge in [0.2, 0.25) is 5.88 Å². The lowest BCUT2D eigenvalue weighted by atomic mass is 10.1. The van der Waals surface area contributed by atoms with E-state index in [2.05, 4.69) is 10.3 Å². The highest BCUT2D eigenvalue weighted by molar-refractivity contribution is 5.90. The fourth-order valence-electron chi connectivity index (χ4n) is 2.07. The fourth-order valence-corrected chi connectivity index (χ4v) is 2.07. The largest absolute Gasteiger partial charge is 0.476 e. The maximum absolute atomic E-state index is 12.1. The van der Waals surface area contributed by atoms with E-state index in [0.717, 1.165) is 12.8 Å². The van der Waals surface area contributed by atoms with Crippen molar-refractivity contribution in [3.8, 4) is 5.88 Å². The minimum absolute atomic E-state index is 0.229. The number of aromatic nitrogens is 1. The van der Waals surface area contributed by atoms with Gasteiger partial charge in [-0.3, -0.25) is 0 Å². The Bertz CT molecular complexity index is 439. The molecule has 1 fully saturated rings. The number of rotatable bonds is 3. The highest BCUT2D eigenvalue weighted by atomic mass is 16.5. The highest BCUT2D eigenvalue weighted by Crippen LogP contribution is 2.21. The van der Waals surface area contributed by atoms with Gasteiger partial charge in [0.05, 0.1) is 12.7 Å². The Hall–Kier alpha value is -1.82. The maximum Gasteiger partial charge on any atom is 0.322 e. The van der Waals surface area contributed by atoms with Crippen LogP contribution in [-0.2, 0) is 0 Å². The molecule has 1 aromatic rings. The van der Waals surface area contributed by atoms with Crippen LogP contribution in [0.15, 0.2) is 18.3 Å². The van der Waals surface area contributed by atoms with Gasteiger partial charge in [-0.2, -0.15) is 0 Å². The van der Waals surface area contributed by atoms with Crippen LogP contribution in [0.4, 0.5) is 10.5 Å². The molecule has 0 unspecified atom stereocenters. The number of anilines is 1. The van der Waals surface area contributed by atoms with Crippen molar-refractivity contribution < 1.29 is 14.6 Å². The number of hydrogen-bond donors (Lipinski definition) is 2. The molecule has 0 spiro atoms. The molecular weight excluding hydrogens is 246 g/mol. The summed E-state index contributed by atoms with van der Waals surface area (Å²) in [6.45, 7) is 3.38. The van der Waals surface area contributed by atoms with Crippen LogP contribution in [0.25, 0.3) is 0 Å². The molecule has 104 valence electrons. The third-order valence-electron chi connectivity index (χ3n) is 2.98. The van der Waals surface area contributed by atoms with Crippen LogP contribution in [0.2, 0.25) is 0 Å². The Labute approximate surface area is 112 Å². The van der Waals surface area contributed by atoms with Crippen molar-refractivity contribution in [2.45, 2.75) is 25.9 Å². The van der Waals surface area contributed by atoms with E-state index in [4.69, 9.17) is 4.74 Å². The van der Waals surface area contributed by atoms with Gasteiger partial charge in [-0.25, -0.2) is 9.78 Å². The Balaban J connectivity index is 2.02. The Morgan fingerprint density at radius 1 is 1.68 bits per heavy atom. The second-order valence-corrected chi connectivity index (χ2v) is 4.46. The van der Waals surface area contributed by atoms with Gasteiger partial charge < -0.3 is 20.1 Å². The van der Waals surface area contributed by atoms with Crippen molar-refractivity contribution in [1.82, 2.24) is 9.88 Å². The molecule has 6 nitrogen and oxygen atoms in total. The van der Waals surface area contributed by atoms with Gasteiger partial charge in [0.1, 0.15) is 5.69 Å². The number of pyridine rings is 1. The Morgan fingerprint density at radius 2 is 2.53 bits per heavy atom. The average Bonchev–Trinajstić information content (AvgIpc) is 2.41. The standard InChI is InChI=1S/C13H19N3O3/c1-2-19-12-11(6-3-7-14-12)15-13(18)16-8-4-5-10(17)9-16/h3,6-7,10,17H,2,4-5,8-9H2,1H3,(H,15,18)/t10-/m1/s1. The predicted molar refractivity (Wildman–Crippen MR) is 71.2 cm³/mol. The first kappa shape index (κ1) is 13.6. The number of amides is 2. The number of urea groups is 1. The summed E-state index contributed by atoms with van der Waals surface area (Å²) in [5.74, 6) is 0.413. The van der Waals surface area contributed by atoms with E-state index in [-0.39, 0.29) is 6.03 Å². The van der Waals surface area contributed by atoms with Crippen molar-refractivity contribution in [2.24, 2.45) is 0 Å². The molecule has 1 aliphatic heterocycles. The summed E-state index contributed by atoms with van der Waals surface area (Å²) in [6, 6.07) is 3.26. The first-order chi connectivity index (χ1) is 9.20. The van der Waals surface area contributed by atoms with Gasteiger partial charge >= 0.3 is 6.03 Å². The van der Waals surface area contributed by atoms with E-state index in [1.165, 1.54) is 0 Å². The van der Waals surface area contributed by atoms with Crippen molar-refractivity contribution in [3.63, 3.8) is 0 Å². The first-order valence-corrected chi connectivity index (χ1v) is 6.52. The SMILES string of the molecule is CCOc1ncccc1NC(=O)N1CCC[C@@H](O)C1. The molecule has 2 rings (SSSR count). The Morgan fingerprint density at radius 3 is 3.26 bits per heavy atom. The summed E-state index contributed by atoms with van der Waals surface area (Å²) in [4.78, 5) is 17.8. The van der Waals surface area contributed by atoms with E-state index >= 15 is 0 Å². The van der Waals surface area contributed by atoms with Gasteiger partial charge in [0, 0.05) is 19.3 Å². The fraction of sp³-hybridized carbons (Fsp3) is 0.538. The molecule has 0 saturated carbocycles. The van der Waals surface area contributed by atoms with Crippen molar-refractivity contribution >= 4 is 11.7 Å². The summed E-state index contributed by atoms with van der Waals surface area (Å²) in [5.41, 5.74) is 0.550. The van der Waals surface area contributed by atoms with Crippen molar-refractivity contribution in [3.05, 3.63) is 18.3 Å². The van der Waals surface area contributed by atoms with E-state index in [9.17, 15) is 9.90 Å². The summed E-state index contributed by atoms with van der Waals surface area (Å²) in [5, 5.41) is 12.3. The normalized spacial score (nSPS) is 19.1. The number of ether oxygens (including phenoxy) is 1. The average molecular weight is 265 g/mol.